The average Bonchev–Trinajstić information content (AvgIpc) is 2.76. The third-order valence-electron chi connectivity index (χ3n) is 4.86. The van der Waals surface area contributed by atoms with E-state index in [2.05, 4.69) is 0 Å². The Morgan fingerprint density at radius 3 is 2.00 bits per heavy atom. The molecule has 1 N–H and O–H groups in total. The molecule has 0 aromatic heterocycles. The summed E-state index contributed by atoms with van der Waals surface area (Å²) in [5, 5.41) is 11.9. The predicted octanol–water partition coefficient (Wildman–Crippen LogP) is 3.69. The largest absolute Gasteiger partial charge is 0.481 e. The molecule has 2 rings (SSSR count). The lowest BCUT2D eigenvalue weighted by molar-refractivity contribution is -0.136. The fraction of sp³-hybridized carbons (Fsp3) is 0.360. The first-order valence-corrected chi connectivity index (χ1v) is 10.8. The first-order chi connectivity index (χ1) is 15.9. The number of carbonyl (C=O) groups excluding carboxylic acids is 3. The maximum Gasteiger partial charge on any atom is 0.414 e. The fourth-order valence-corrected chi connectivity index (χ4v) is 3.32. The van der Waals surface area contributed by atoms with Crippen LogP contribution in [0.5, 0.6) is 5.75 Å². The second-order valence-electron chi connectivity index (χ2n) is 8.82. The Balaban J connectivity index is 2.41. The van der Waals surface area contributed by atoms with Crippen molar-refractivity contribution in [2.75, 3.05) is 20.6 Å². The molecule has 2 aromatic rings. The molecule has 0 saturated heterocycles. The van der Waals surface area contributed by atoms with Crippen LogP contribution in [-0.4, -0.2) is 70.1 Å². The molecule has 182 valence electrons. The molecule has 0 saturated carbocycles. The van der Waals surface area contributed by atoms with Crippen molar-refractivity contribution in [2.24, 2.45) is 0 Å². The summed E-state index contributed by atoms with van der Waals surface area (Å²) in [6, 6.07) is 12.5. The summed E-state index contributed by atoms with van der Waals surface area (Å²) < 4.78 is 5.20. The zero-order valence-electron chi connectivity index (χ0n) is 20.4. The molecule has 0 unspecified atom stereocenters. The van der Waals surface area contributed by atoms with Gasteiger partial charge in [0.1, 0.15) is 5.75 Å². The lowest BCUT2D eigenvalue weighted by Gasteiger charge is -2.43. The van der Waals surface area contributed by atoms with Gasteiger partial charge in [-0.3, -0.25) is 14.4 Å². The molecule has 34 heavy (non-hydrogen) atoms. The molecule has 0 aliphatic carbocycles. The van der Waals surface area contributed by atoms with Gasteiger partial charge in [0.05, 0.1) is 12.0 Å². The first-order valence-electron chi connectivity index (χ1n) is 10.8. The Bertz CT molecular complexity index is 1060. The molecule has 2 aromatic carbocycles. The van der Waals surface area contributed by atoms with E-state index >= 15 is 0 Å². The van der Waals surface area contributed by atoms with Gasteiger partial charge in [-0.25, -0.2) is 14.8 Å². The monoisotopic (exact) mass is 469 g/mol. The number of ether oxygens (including phenoxy) is 1. The predicted molar refractivity (Wildman–Crippen MR) is 127 cm³/mol. The van der Waals surface area contributed by atoms with Gasteiger partial charge in [-0.2, -0.15) is 0 Å². The van der Waals surface area contributed by atoms with Crippen LogP contribution in [-0.2, 0) is 11.2 Å². The van der Waals surface area contributed by atoms with Gasteiger partial charge in [0, 0.05) is 31.8 Å². The summed E-state index contributed by atoms with van der Waals surface area (Å²) >= 11 is 0. The standard InChI is InChI=1S/C25H31N3O6/c1-7-27(23(32)20-11-9-8-10-18(20)16-21(29)30)28(25(2,3)4)22(31)17-12-14-19(15-13-17)34-24(33)26(5)6/h8-15H,7,16H2,1-6H3,(H,29,30). The van der Waals surface area contributed by atoms with Crippen LogP contribution >= 0.6 is 0 Å². The van der Waals surface area contributed by atoms with E-state index in [-0.39, 0.29) is 24.3 Å². The van der Waals surface area contributed by atoms with Crippen LogP contribution in [0.1, 0.15) is 54.0 Å². The number of nitrogens with zero attached hydrogens (tertiary/aromatic N) is 3. The molecule has 0 aliphatic heterocycles. The van der Waals surface area contributed by atoms with E-state index in [1.807, 2.05) is 0 Å². The molecule has 0 heterocycles. The van der Waals surface area contributed by atoms with Crippen molar-refractivity contribution in [3.63, 3.8) is 0 Å². The van der Waals surface area contributed by atoms with Crippen LogP contribution in [0.25, 0.3) is 0 Å². The summed E-state index contributed by atoms with van der Waals surface area (Å²) in [7, 11) is 3.12. The second-order valence-corrected chi connectivity index (χ2v) is 8.82. The molecule has 9 nitrogen and oxygen atoms in total. The quantitative estimate of drug-likeness (QED) is 0.647. The number of carboxylic acid groups (broad SMARTS) is 1. The highest BCUT2D eigenvalue weighted by atomic mass is 16.6. The van der Waals surface area contributed by atoms with Crippen LogP contribution < -0.4 is 4.74 Å². The van der Waals surface area contributed by atoms with Gasteiger partial charge in [0.2, 0.25) is 0 Å². The average molecular weight is 470 g/mol. The Morgan fingerprint density at radius 1 is 0.912 bits per heavy atom. The van der Waals surface area contributed by atoms with Crippen molar-refractivity contribution in [3.05, 3.63) is 65.2 Å². The molecule has 3 amide bonds. The van der Waals surface area contributed by atoms with E-state index in [9.17, 15) is 24.3 Å². The van der Waals surface area contributed by atoms with E-state index in [0.717, 1.165) is 0 Å². The van der Waals surface area contributed by atoms with Crippen LogP contribution in [0.2, 0.25) is 0 Å². The highest BCUT2D eigenvalue weighted by Crippen LogP contribution is 2.24. The van der Waals surface area contributed by atoms with Crippen molar-refractivity contribution < 1.29 is 29.0 Å². The number of rotatable bonds is 6. The molecule has 0 spiro atoms. The second kappa shape index (κ2) is 10.8. The maximum atomic E-state index is 13.6. The summed E-state index contributed by atoms with van der Waals surface area (Å²) in [5.74, 6) is -1.67. The minimum absolute atomic E-state index is 0.182. The first kappa shape index (κ1) is 26.4. The molecule has 0 aliphatic rings. The number of amides is 3. The number of hydrogen-bond donors (Lipinski definition) is 1. The number of carbonyl (C=O) groups is 4. The van der Waals surface area contributed by atoms with Crippen molar-refractivity contribution >= 4 is 23.9 Å². The van der Waals surface area contributed by atoms with Gasteiger partial charge >= 0.3 is 12.1 Å². The third kappa shape index (κ3) is 6.34. The molecular weight excluding hydrogens is 438 g/mol. The van der Waals surface area contributed by atoms with Gasteiger partial charge in [0.25, 0.3) is 11.8 Å². The van der Waals surface area contributed by atoms with Crippen LogP contribution in [0.15, 0.2) is 48.5 Å². The minimum Gasteiger partial charge on any atom is -0.481 e. The third-order valence-corrected chi connectivity index (χ3v) is 4.86. The zero-order chi connectivity index (χ0) is 25.6. The molecule has 0 radical (unpaired) electrons. The fourth-order valence-electron chi connectivity index (χ4n) is 3.32. The number of benzene rings is 2. The minimum atomic E-state index is -1.05. The van der Waals surface area contributed by atoms with E-state index in [1.54, 1.807) is 66.1 Å². The summed E-state index contributed by atoms with van der Waals surface area (Å²) in [4.78, 5) is 51.4. The van der Waals surface area contributed by atoms with Crippen molar-refractivity contribution in [3.8, 4) is 5.75 Å². The van der Waals surface area contributed by atoms with Crippen LogP contribution in [0, 0.1) is 0 Å². The highest BCUT2D eigenvalue weighted by Gasteiger charge is 2.36. The summed E-state index contributed by atoms with van der Waals surface area (Å²) in [5.41, 5.74) is 0.108. The number of hydrazine groups is 1. The summed E-state index contributed by atoms with van der Waals surface area (Å²) in [6.07, 6.45) is -0.853. The van der Waals surface area contributed by atoms with Gasteiger partial charge in [0.15, 0.2) is 0 Å². The molecule has 0 fully saturated rings. The number of aliphatic carboxylic acids is 1. The van der Waals surface area contributed by atoms with E-state index in [1.165, 1.54) is 39.2 Å². The highest BCUT2D eigenvalue weighted by molar-refractivity contribution is 6.00. The van der Waals surface area contributed by atoms with Gasteiger partial charge < -0.3 is 14.7 Å². The lowest BCUT2D eigenvalue weighted by atomic mass is 10.0. The molecule has 9 heteroatoms. The van der Waals surface area contributed by atoms with E-state index in [4.69, 9.17) is 4.74 Å². The molecule has 0 atom stereocenters. The smallest absolute Gasteiger partial charge is 0.414 e. The number of hydrogen-bond acceptors (Lipinski definition) is 5. The normalized spacial score (nSPS) is 10.9. The van der Waals surface area contributed by atoms with Gasteiger partial charge in [-0.15, -0.1) is 0 Å². The molecule has 0 bridgehead atoms. The topological polar surface area (TPSA) is 107 Å². The summed E-state index contributed by atoms with van der Waals surface area (Å²) in [6.45, 7) is 7.33. The van der Waals surface area contributed by atoms with Gasteiger partial charge in [-0.05, 0) is 63.6 Å². The Labute approximate surface area is 199 Å². The maximum absolute atomic E-state index is 13.6. The molecular formula is C25H31N3O6. The Hall–Kier alpha value is -3.88. The van der Waals surface area contributed by atoms with E-state index < -0.39 is 29.4 Å². The Morgan fingerprint density at radius 2 is 1.50 bits per heavy atom. The Kier molecular flexibility index (Phi) is 8.40. The van der Waals surface area contributed by atoms with Crippen LogP contribution in [0.4, 0.5) is 4.79 Å². The van der Waals surface area contributed by atoms with Crippen molar-refractivity contribution in [1.82, 2.24) is 14.9 Å². The lowest BCUT2D eigenvalue weighted by Crippen LogP contribution is -2.58. The van der Waals surface area contributed by atoms with Gasteiger partial charge in [-0.1, -0.05) is 18.2 Å². The SMILES string of the molecule is CCN(C(=O)c1ccccc1CC(=O)O)N(C(=O)c1ccc(OC(=O)N(C)C)cc1)C(C)(C)C. The van der Waals surface area contributed by atoms with Crippen molar-refractivity contribution in [1.29, 1.82) is 0 Å². The van der Waals surface area contributed by atoms with E-state index in [0.29, 0.717) is 11.1 Å². The van der Waals surface area contributed by atoms with Crippen LogP contribution in [0.3, 0.4) is 0 Å². The number of carboxylic acids is 1. The van der Waals surface area contributed by atoms with Crippen molar-refractivity contribution in [2.45, 2.75) is 39.7 Å². The zero-order valence-corrected chi connectivity index (χ0v) is 20.4.